The molecule has 9 nitrogen and oxygen atoms in total. The normalized spacial score (nSPS) is 19.4. The molecule has 2 unspecified atom stereocenters. The molecule has 0 saturated carbocycles. The van der Waals surface area contributed by atoms with Gasteiger partial charge in [0, 0.05) is 49.2 Å². The van der Waals surface area contributed by atoms with Crippen molar-refractivity contribution in [3.05, 3.63) is 59.2 Å². The number of amidine groups is 1. The Balaban J connectivity index is 1.42. The number of carbonyl (C=O) groups is 2. The number of ether oxygens (including phenoxy) is 1. The van der Waals surface area contributed by atoms with Crippen molar-refractivity contribution in [1.29, 1.82) is 5.41 Å². The first-order valence-corrected chi connectivity index (χ1v) is 10.0. The fourth-order valence-corrected chi connectivity index (χ4v) is 3.84. The number of morpholine rings is 1. The average molecular weight is 423 g/mol. The van der Waals surface area contributed by atoms with Crippen LogP contribution in [-0.2, 0) is 16.1 Å². The van der Waals surface area contributed by atoms with Gasteiger partial charge in [-0.25, -0.2) is 0 Å². The molecule has 2 aromatic rings. The van der Waals surface area contributed by atoms with E-state index in [-0.39, 0.29) is 30.8 Å². The van der Waals surface area contributed by atoms with Crippen LogP contribution in [0.15, 0.2) is 42.5 Å². The molecule has 9 heteroatoms. The van der Waals surface area contributed by atoms with Gasteiger partial charge in [-0.2, -0.15) is 0 Å². The van der Waals surface area contributed by atoms with Crippen LogP contribution in [0.25, 0.3) is 0 Å². The number of rotatable bonds is 6. The number of anilines is 2. The first-order valence-electron chi connectivity index (χ1n) is 10.0. The molecule has 0 aliphatic carbocycles. The molecule has 0 aromatic heterocycles. The van der Waals surface area contributed by atoms with Gasteiger partial charge in [0.2, 0.25) is 0 Å². The fraction of sp³-hybridized carbons (Fsp3) is 0.318. The molecule has 5 N–H and O–H groups in total. The number of hydrogen-bond donors (Lipinski definition) is 4. The minimum atomic E-state index is -1.06. The third-order valence-corrected chi connectivity index (χ3v) is 5.57. The maximum absolute atomic E-state index is 13.0. The Labute approximate surface area is 179 Å². The van der Waals surface area contributed by atoms with E-state index in [9.17, 15) is 14.7 Å². The maximum Gasteiger partial charge on any atom is 0.258 e. The van der Waals surface area contributed by atoms with Crippen molar-refractivity contribution in [3.63, 3.8) is 0 Å². The van der Waals surface area contributed by atoms with Crippen LogP contribution in [0.1, 0.15) is 21.5 Å². The predicted molar refractivity (Wildman–Crippen MR) is 116 cm³/mol. The van der Waals surface area contributed by atoms with Crippen molar-refractivity contribution in [2.45, 2.75) is 18.8 Å². The molecule has 2 heterocycles. The highest BCUT2D eigenvalue weighted by Gasteiger charge is 2.36. The van der Waals surface area contributed by atoms with Crippen LogP contribution in [0.5, 0.6) is 0 Å². The number of nitrogens with two attached hydrogens (primary N) is 1. The van der Waals surface area contributed by atoms with Gasteiger partial charge in [0.15, 0.2) is 6.10 Å². The zero-order chi connectivity index (χ0) is 22.1. The maximum atomic E-state index is 13.0. The first kappa shape index (κ1) is 20.8. The summed E-state index contributed by atoms with van der Waals surface area (Å²) in [6.07, 6.45) is -2.07. The van der Waals surface area contributed by atoms with E-state index in [0.29, 0.717) is 29.9 Å². The molecule has 2 aromatic carbocycles. The number of benzene rings is 2. The summed E-state index contributed by atoms with van der Waals surface area (Å²) in [7, 11) is 1.74. The van der Waals surface area contributed by atoms with E-state index in [4.69, 9.17) is 15.9 Å². The fourth-order valence-electron chi connectivity index (χ4n) is 3.84. The lowest BCUT2D eigenvalue weighted by Crippen LogP contribution is -2.54. The Kier molecular flexibility index (Phi) is 5.62. The Morgan fingerprint density at radius 2 is 2.03 bits per heavy atom. The molecule has 2 aliphatic heterocycles. The summed E-state index contributed by atoms with van der Waals surface area (Å²) in [6.45, 7) is 1.31. The van der Waals surface area contributed by atoms with Crippen LogP contribution in [0.2, 0.25) is 0 Å². The molecule has 2 amide bonds. The second-order valence-electron chi connectivity index (χ2n) is 7.72. The molecule has 0 radical (unpaired) electrons. The first-order chi connectivity index (χ1) is 14.8. The molecule has 31 heavy (non-hydrogen) atoms. The number of hydrogen-bond acceptors (Lipinski definition) is 6. The third-order valence-electron chi connectivity index (χ3n) is 5.57. The van der Waals surface area contributed by atoms with E-state index < -0.39 is 12.2 Å². The number of aliphatic hydroxyl groups excluding tert-OH is 1. The van der Waals surface area contributed by atoms with E-state index in [0.717, 1.165) is 11.3 Å². The average Bonchev–Trinajstić information content (AvgIpc) is 3.05. The van der Waals surface area contributed by atoms with Crippen molar-refractivity contribution in [3.8, 4) is 0 Å². The molecule has 2 aliphatic rings. The second kappa shape index (κ2) is 8.37. The minimum Gasteiger partial charge on any atom is -0.388 e. The van der Waals surface area contributed by atoms with Gasteiger partial charge < -0.3 is 30.7 Å². The Morgan fingerprint density at radius 1 is 1.29 bits per heavy atom. The number of nitrogens with zero attached hydrogens (tertiary/aromatic N) is 2. The third kappa shape index (κ3) is 4.10. The topological polar surface area (TPSA) is 132 Å². The van der Waals surface area contributed by atoms with Gasteiger partial charge in [0.1, 0.15) is 11.9 Å². The standard InChI is InChI=1S/C22H25N5O4/c1-26-12-14-4-7-16(10-17(14)21(26)29)27-8-9-31-19(22(27)30)18(28)11-25-15-5-2-13(3-6-15)20(23)24/h2-7,10,18-19,25,28H,8-9,11-12H2,1H3,(H3,23,24). The number of carbonyl (C=O) groups excluding carboxylic acids is 2. The van der Waals surface area contributed by atoms with Crippen molar-refractivity contribution in [2.75, 3.05) is 37.0 Å². The van der Waals surface area contributed by atoms with Crippen molar-refractivity contribution in [2.24, 2.45) is 5.73 Å². The summed E-state index contributed by atoms with van der Waals surface area (Å²) < 4.78 is 5.57. The van der Waals surface area contributed by atoms with Crippen LogP contribution in [0.3, 0.4) is 0 Å². The van der Waals surface area contributed by atoms with E-state index in [1.165, 1.54) is 0 Å². The van der Waals surface area contributed by atoms with Crippen LogP contribution >= 0.6 is 0 Å². The van der Waals surface area contributed by atoms with E-state index in [1.807, 2.05) is 12.1 Å². The molecule has 4 rings (SSSR count). The second-order valence-corrected chi connectivity index (χ2v) is 7.72. The Bertz CT molecular complexity index is 1020. The lowest BCUT2D eigenvalue weighted by atomic mass is 10.1. The molecule has 0 bridgehead atoms. The highest BCUT2D eigenvalue weighted by molar-refractivity contribution is 6.02. The molecule has 162 valence electrons. The van der Waals surface area contributed by atoms with Gasteiger partial charge in [-0.3, -0.25) is 15.0 Å². The number of amides is 2. The summed E-state index contributed by atoms with van der Waals surface area (Å²) in [5.74, 6) is -0.423. The Morgan fingerprint density at radius 3 is 2.74 bits per heavy atom. The predicted octanol–water partition coefficient (Wildman–Crippen LogP) is 0.761. The summed E-state index contributed by atoms with van der Waals surface area (Å²) in [6, 6.07) is 12.3. The van der Waals surface area contributed by atoms with Crippen LogP contribution in [-0.4, -0.2) is 66.6 Å². The number of nitrogens with one attached hydrogen (secondary N) is 2. The zero-order valence-corrected chi connectivity index (χ0v) is 17.2. The van der Waals surface area contributed by atoms with E-state index >= 15 is 0 Å². The van der Waals surface area contributed by atoms with Gasteiger partial charge in [-0.1, -0.05) is 6.07 Å². The van der Waals surface area contributed by atoms with Gasteiger partial charge in [-0.15, -0.1) is 0 Å². The monoisotopic (exact) mass is 423 g/mol. The lowest BCUT2D eigenvalue weighted by Gasteiger charge is -2.34. The molecule has 0 spiro atoms. The van der Waals surface area contributed by atoms with E-state index in [1.54, 1.807) is 47.2 Å². The van der Waals surface area contributed by atoms with Gasteiger partial charge >= 0.3 is 0 Å². The molecule has 1 fully saturated rings. The lowest BCUT2D eigenvalue weighted by molar-refractivity contribution is -0.141. The molecule has 1 saturated heterocycles. The molecule has 2 atom stereocenters. The summed E-state index contributed by atoms with van der Waals surface area (Å²) in [4.78, 5) is 28.5. The molecular formula is C22H25N5O4. The quantitative estimate of drug-likeness (QED) is 0.401. The van der Waals surface area contributed by atoms with E-state index in [2.05, 4.69) is 5.32 Å². The highest BCUT2D eigenvalue weighted by Crippen LogP contribution is 2.28. The van der Waals surface area contributed by atoms with Crippen LogP contribution < -0.4 is 16.0 Å². The van der Waals surface area contributed by atoms with Gasteiger partial charge in [0.25, 0.3) is 11.8 Å². The SMILES string of the molecule is CN1Cc2ccc(N3CCOC(C(O)CNc4ccc(C(=N)N)cc4)C3=O)cc2C1=O. The summed E-state index contributed by atoms with van der Waals surface area (Å²) in [5, 5.41) is 21.1. The van der Waals surface area contributed by atoms with Crippen molar-refractivity contribution >= 4 is 29.0 Å². The number of fused-ring (bicyclic) bond motifs is 1. The Hall–Kier alpha value is -3.43. The molecular weight excluding hydrogens is 398 g/mol. The van der Waals surface area contributed by atoms with Gasteiger partial charge in [-0.05, 0) is 42.0 Å². The number of nitrogen functional groups attached to an aromatic ring is 1. The summed E-state index contributed by atoms with van der Waals surface area (Å²) in [5.41, 5.74) is 8.95. The largest absolute Gasteiger partial charge is 0.388 e. The van der Waals surface area contributed by atoms with Crippen LogP contribution in [0, 0.1) is 5.41 Å². The minimum absolute atomic E-state index is 0.0206. The zero-order valence-electron chi connectivity index (χ0n) is 17.2. The van der Waals surface area contributed by atoms with Crippen LogP contribution in [0.4, 0.5) is 11.4 Å². The van der Waals surface area contributed by atoms with Crippen molar-refractivity contribution < 1.29 is 19.4 Å². The van der Waals surface area contributed by atoms with Gasteiger partial charge in [0.05, 0.1) is 6.61 Å². The number of aliphatic hydroxyl groups is 1. The smallest absolute Gasteiger partial charge is 0.258 e. The van der Waals surface area contributed by atoms with Crippen molar-refractivity contribution in [1.82, 2.24) is 4.90 Å². The highest BCUT2D eigenvalue weighted by atomic mass is 16.5. The summed E-state index contributed by atoms with van der Waals surface area (Å²) >= 11 is 0.